The molecule has 0 unspecified atom stereocenters. The van der Waals surface area contributed by atoms with Crippen LogP contribution in [0.5, 0.6) is 0 Å². The van der Waals surface area contributed by atoms with Gasteiger partial charge in [-0.3, -0.25) is 4.79 Å². The number of hydrogen-bond acceptors (Lipinski definition) is 5. The summed E-state index contributed by atoms with van der Waals surface area (Å²) >= 11 is 0. The third-order valence-corrected chi connectivity index (χ3v) is 4.65. The van der Waals surface area contributed by atoms with E-state index in [2.05, 4.69) is 26.2 Å². The largest absolute Gasteiger partial charge is 0.348 e. The minimum atomic E-state index is -0.382. The molecule has 2 heterocycles. The average Bonchev–Trinajstić information content (AvgIpc) is 3.14. The van der Waals surface area contributed by atoms with E-state index in [4.69, 9.17) is 0 Å². The molecule has 0 aliphatic carbocycles. The highest BCUT2D eigenvalue weighted by molar-refractivity contribution is 5.96. The maximum Gasteiger partial charge on any atom is 0.251 e. The molecule has 7 nitrogen and oxygen atoms in total. The zero-order chi connectivity index (χ0) is 18.8. The Balaban J connectivity index is 1.67. The van der Waals surface area contributed by atoms with Crippen LogP contribution in [0.25, 0.3) is 0 Å². The van der Waals surface area contributed by atoms with E-state index in [0.717, 1.165) is 22.4 Å². The molecule has 0 saturated heterocycles. The highest BCUT2D eigenvalue weighted by Gasteiger charge is 2.33. The van der Waals surface area contributed by atoms with Crippen LogP contribution < -0.4 is 10.6 Å². The van der Waals surface area contributed by atoms with Crippen molar-refractivity contribution in [3.8, 4) is 0 Å². The fourth-order valence-electron chi connectivity index (χ4n) is 3.24. The normalized spacial score (nSPS) is 15.9. The summed E-state index contributed by atoms with van der Waals surface area (Å²) in [5, 5.41) is 18.0. The van der Waals surface area contributed by atoms with Crippen LogP contribution in [0.4, 0.5) is 5.95 Å². The summed E-state index contributed by atoms with van der Waals surface area (Å²) in [4.78, 5) is 13.1. The van der Waals surface area contributed by atoms with E-state index in [-0.39, 0.29) is 11.9 Å². The summed E-state index contributed by atoms with van der Waals surface area (Å²) in [7, 11) is 0. The van der Waals surface area contributed by atoms with Crippen LogP contribution in [0.1, 0.15) is 29.7 Å². The van der Waals surface area contributed by atoms with Gasteiger partial charge in [0.05, 0.1) is 5.57 Å². The number of allylic oxidation sites excluding steroid dienone is 1. The van der Waals surface area contributed by atoms with E-state index >= 15 is 0 Å². The van der Waals surface area contributed by atoms with Crippen LogP contribution in [-0.2, 0) is 11.3 Å². The number of rotatable bonds is 4. The number of tetrazole rings is 1. The number of aromatic nitrogens is 4. The van der Waals surface area contributed by atoms with Gasteiger partial charge in [-0.1, -0.05) is 65.3 Å². The number of aryl methyl sites for hydroxylation is 1. The Hall–Kier alpha value is -3.48. The molecular weight excluding hydrogens is 340 g/mol. The van der Waals surface area contributed by atoms with Crippen molar-refractivity contribution in [2.24, 2.45) is 0 Å². The predicted octanol–water partition coefficient (Wildman–Crippen LogP) is 2.59. The Morgan fingerprint density at radius 2 is 1.85 bits per heavy atom. The number of anilines is 1. The van der Waals surface area contributed by atoms with Crippen molar-refractivity contribution in [2.75, 3.05) is 5.32 Å². The standard InChI is InChI=1S/C20H20N6O/c1-13-8-10-16(11-9-13)18-17(14(2)22-20-23-24-25-26(18)20)19(27)21-12-15-6-4-3-5-7-15/h3-11,18H,12H2,1-2H3,(H,21,27)(H,22,23,25)/t18-/m1/s1. The first kappa shape index (κ1) is 17.0. The number of hydrogen-bond donors (Lipinski definition) is 2. The zero-order valence-corrected chi connectivity index (χ0v) is 15.2. The predicted molar refractivity (Wildman–Crippen MR) is 102 cm³/mol. The molecule has 1 aromatic heterocycles. The van der Waals surface area contributed by atoms with Crippen molar-refractivity contribution in [3.63, 3.8) is 0 Å². The van der Waals surface area contributed by atoms with Gasteiger partial charge in [0.25, 0.3) is 5.91 Å². The number of nitrogens with zero attached hydrogens (tertiary/aromatic N) is 4. The Kier molecular flexibility index (Phi) is 4.42. The molecule has 7 heteroatoms. The maximum atomic E-state index is 13.1. The van der Waals surface area contributed by atoms with E-state index in [1.165, 1.54) is 0 Å². The van der Waals surface area contributed by atoms with Crippen LogP contribution in [0.15, 0.2) is 65.9 Å². The molecule has 3 aromatic rings. The van der Waals surface area contributed by atoms with Crippen LogP contribution in [0.3, 0.4) is 0 Å². The minimum absolute atomic E-state index is 0.143. The maximum absolute atomic E-state index is 13.1. The lowest BCUT2D eigenvalue weighted by atomic mass is 9.94. The number of fused-ring (bicyclic) bond motifs is 1. The van der Waals surface area contributed by atoms with Gasteiger partial charge in [0, 0.05) is 12.2 Å². The van der Waals surface area contributed by atoms with Gasteiger partial charge < -0.3 is 10.6 Å². The Morgan fingerprint density at radius 3 is 2.59 bits per heavy atom. The van der Waals surface area contributed by atoms with Gasteiger partial charge in [0.15, 0.2) is 0 Å². The van der Waals surface area contributed by atoms with E-state index in [1.54, 1.807) is 4.68 Å². The molecule has 1 aliphatic heterocycles. The highest BCUT2D eigenvalue weighted by Crippen LogP contribution is 2.34. The first-order valence-electron chi connectivity index (χ1n) is 8.78. The Morgan fingerprint density at radius 1 is 1.11 bits per heavy atom. The summed E-state index contributed by atoms with van der Waals surface area (Å²) in [6.07, 6.45) is 0. The van der Waals surface area contributed by atoms with E-state index in [9.17, 15) is 4.79 Å². The third-order valence-electron chi connectivity index (χ3n) is 4.65. The van der Waals surface area contributed by atoms with Crippen molar-refractivity contribution in [2.45, 2.75) is 26.4 Å². The van der Waals surface area contributed by atoms with Crippen molar-refractivity contribution < 1.29 is 4.79 Å². The zero-order valence-electron chi connectivity index (χ0n) is 15.2. The molecule has 0 spiro atoms. The van der Waals surface area contributed by atoms with E-state index in [1.807, 2.05) is 68.4 Å². The molecule has 4 rings (SSSR count). The molecule has 27 heavy (non-hydrogen) atoms. The van der Waals surface area contributed by atoms with Gasteiger partial charge in [-0.25, -0.2) is 0 Å². The summed E-state index contributed by atoms with van der Waals surface area (Å²) in [5.74, 6) is 0.383. The highest BCUT2D eigenvalue weighted by atomic mass is 16.1. The third kappa shape index (κ3) is 3.31. The fourth-order valence-corrected chi connectivity index (χ4v) is 3.24. The van der Waals surface area contributed by atoms with Crippen LogP contribution in [-0.4, -0.2) is 26.1 Å². The second-order valence-electron chi connectivity index (χ2n) is 6.59. The Labute approximate surface area is 157 Å². The fraction of sp³-hybridized carbons (Fsp3) is 0.200. The molecule has 1 atom stereocenters. The number of carbonyl (C=O) groups is 1. The minimum Gasteiger partial charge on any atom is -0.348 e. The SMILES string of the molecule is CC1=C(C(=O)NCc2ccccc2)[C@@H](c2ccc(C)cc2)n2nnnc2N1. The lowest BCUT2D eigenvalue weighted by Crippen LogP contribution is -2.34. The van der Waals surface area contributed by atoms with Gasteiger partial charge in [0.2, 0.25) is 5.95 Å². The van der Waals surface area contributed by atoms with Gasteiger partial charge in [0.1, 0.15) is 6.04 Å². The molecule has 0 fully saturated rings. The summed E-state index contributed by atoms with van der Waals surface area (Å²) < 4.78 is 1.65. The quantitative estimate of drug-likeness (QED) is 0.747. The first-order chi connectivity index (χ1) is 13.1. The molecular formula is C20H20N6O. The molecule has 0 radical (unpaired) electrons. The summed E-state index contributed by atoms with van der Waals surface area (Å²) in [5.41, 5.74) is 4.51. The Bertz CT molecular complexity index is 991. The number of benzene rings is 2. The molecule has 0 saturated carbocycles. The van der Waals surface area contributed by atoms with Gasteiger partial charge >= 0.3 is 0 Å². The molecule has 1 amide bonds. The van der Waals surface area contributed by atoms with E-state index in [0.29, 0.717) is 18.1 Å². The summed E-state index contributed by atoms with van der Waals surface area (Å²) in [6, 6.07) is 17.5. The molecule has 2 N–H and O–H groups in total. The second-order valence-corrected chi connectivity index (χ2v) is 6.59. The van der Waals surface area contributed by atoms with E-state index < -0.39 is 0 Å². The summed E-state index contributed by atoms with van der Waals surface area (Å²) in [6.45, 7) is 4.36. The van der Waals surface area contributed by atoms with Crippen LogP contribution >= 0.6 is 0 Å². The number of nitrogens with one attached hydrogen (secondary N) is 2. The smallest absolute Gasteiger partial charge is 0.251 e. The molecule has 0 bridgehead atoms. The average molecular weight is 360 g/mol. The molecule has 1 aliphatic rings. The second kappa shape index (κ2) is 7.03. The van der Waals surface area contributed by atoms with Gasteiger partial charge in [-0.05, 0) is 35.4 Å². The molecule has 136 valence electrons. The van der Waals surface area contributed by atoms with Gasteiger partial charge in [-0.15, -0.1) is 0 Å². The lowest BCUT2D eigenvalue weighted by molar-refractivity contribution is -0.118. The first-order valence-corrected chi connectivity index (χ1v) is 8.78. The van der Waals surface area contributed by atoms with Crippen molar-refractivity contribution in [1.29, 1.82) is 0 Å². The van der Waals surface area contributed by atoms with Crippen LogP contribution in [0.2, 0.25) is 0 Å². The number of amides is 1. The monoisotopic (exact) mass is 360 g/mol. The van der Waals surface area contributed by atoms with Gasteiger partial charge in [-0.2, -0.15) is 4.68 Å². The lowest BCUT2D eigenvalue weighted by Gasteiger charge is -2.28. The number of carbonyl (C=O) groups excluding carboxylic acids is 1. The van der Waals surface area contributed by atoms with Crippen LogP contribution in [0, 0.1) is 6.92 Å². The van der Waals surface area contributed by atoms with Crippen molar-refractivity contribution in [1.82, 2.24) is 25.5 Å². The molecule has 2 aromatic carbocycles. The van der Waals surface area contributed by atoms with Crippen molar-refractivity contribution >= 4 is 11.9 Å². The van der Waals surface area contributed by atoms with Crippen molar-refractivity contribution in [3.05, 3.63) is 82.6 Å². The topological polar surface area (TPSA) is 84.7 Å².